The number of halogens is 1. The second-order valence-corrected chi connectivity index (χ2v) is 7.67. The van der Waals surface area contributed by atoms with E-state index in [1.807, 2.05) is 11.0 Å². The van der Waals surface area contributed by atoms with Gasteiger partial charge in [-0.3, -0.25) is 23.6 Å². The number of carbonyl (C=O) groups excluding carboxylic acids is 1. The van der Waals surface area contributed by atoms with Crippen molar-refractivity contribution in [2.75, 3.05) is 31.1 Å². The van der Waals surface area contributed by atoms with Crippen LogP contribution in [0.1, 0.15) is 5.82 Å². The van der Waals surface area contributed by atoms with Crippen LogP contribution in [0.5, 0.6) is 0 Å². The van der Waals surface area contributed by atoms with Gasteiger partial charge in [-0.15, -0.1) is 0 Å². The molecule has 1 saturated heterocycles. The van der Waals surface area contributed by atoms with E-state index >= 15 is 0 Å². The number of nitrogens with two attached hydrogens (primary N) is 1. The lowest BCUT2D eigenvalue weighted by molar-refractivity contribution is -0.118. The first-order valence-corrected chi connectivity index (χ1v) is 9.93. The lowest BCUT2D eigenvalue weighted by atomic mass is 10.2. The Morgan fingerprint density at radius 3 is 2.42 bits per heavy atom. The van der Waals surface area contributed by atoms with Gasteiger partial charge in [-0.25, -0.2) is 14.2 Å². The van der Waals surface area contributed by atoms with Crippen LogP contribution in [0.25, 0.3) is 11.2 Å². The molecule has 3 aromatic rings. The fourth-order valence-corrected chi connectivity index (χ4v) is 3.99. The van der Waals surface area contributed by atoms with E-state index in [0.717, 1.165) is 4.57 Å². The van der Waals surface area contributed by atoms with Crippen molar-refractivity contribution >= 4 is 22.8 Å². The highest BCUT2D eigenvalue weighted by molar-refractivity contribution is 5.78. The highest BCUT2D eigenvalue weighted by Crippen LogP contribution is 2.21. The number of amides is 1. The number of benzene rings is 1. The first kappa shape index (κ1) is 20.8. The molecule has 1 aliphatic rings. The highest BCUT2D eigenvalue weighted by atomic mass is 19.1. The number of rotatable bonds is 5. The Labute approximate surface area is 176 Å². The molecular formula is C20H24FN7O3. The van der Waals surface area contributed by atoms with E-state index in [1.165, 1.54) is 29.3 Å². The van der Waals surface area contributed by atoms with Crippen LogP contribution in [-0.4, -0.2) is 55.7 Å². The van der Waals surface area contributed by atoms with Crippen molar-refractivity contribution in [2.45, 2.75) is 13.1 Å². The summed E-state index contributed by atoms with van der Waals surface area (Å²) in [6.45, 7) is 2.68. The lowest BCUT2D eigenvalue weighted by Gasteiger charge is -2.36. The molecule has 0 aliphatic carbocycles. The van der Waals surface area contributed by atoms with Crippen LogP contribution >= 0.6 is 0 Å². The summed E-state index contributed by atoms with van der Waals surface area (Å²) in [7, 11) is 2.91. The summed E-state index contributed by atoms with van der Waals surface area (Å²) in [5.74, 6) is -0.386. The minimum atomic E-state index is -0.610. The van der Waals surface area contributed by atoms with Crippen molar-refractivity contribution in [2.24, 2.45) is 19.8 Å². The molecule has 1 amide bonds. The summed E-state index contributed by atoms with van der Waals surface area (Å²) in [6, 6.07) is 6.67. The second kappa shape index (κ2) is 7.99. The highest BCUT2D eigenvalue weighted by Gasteiger charge is 2.24. The number of hydrogen-bond donors (Lipinski definition) is 1. The molecule has 1 aliphatic heterocycles. The number of primary amides is 1. The number of piperazine rings is 1. The molecule has 11 heteroatoms. The molecule has 0 unspecified atom stereocenters. The molecule has 31 heavy (non-hydrogen) atoms. The largest absolute Gasteiger partial charge is 0.368 e. The van der Waals surface area contributed by atoms with E-state index in [0.29, 0.717) is 44.2 Å². The number of anilines is 1. The third-order valence-corrected chi connectivity index (χ3v) is 5.67. The van der Waals surface area contributed by atoms with E-state index in [2.05, 4.69) is 9.88 Å². The van der Waals surface area contributed by atoms with E-state index in [4.69, 9.17) is 5.73 Å². The van der Waals surface area contributed by atoms with Crippen LogP contribution in [0, 0.1) is 5.82 Å². The zero-order valence-corrected chi connectivity index (χ0v) is 17.4. The molecule has 0 saturated carbocycles. The molecule has 0 spiro atoms. The topological polar surface area (TPSA) is 111 Å². The molecule has 1 aromatic carbocycles. The Bertz CT molecular complexity index is 1270. The summed E-state index contributed by atoms with van der Waals surface area (Å²) in [6.07, 6.45) is 0. The average molecular weight is 429 g/mol. The van der Waals surface area contributed by atoms with Crippen LogP contribution in [-0.2, 0) is 32.0 Å². The van der Waals surface area contributed by atoms with Crippen molar-refractivity contribution in [1.82, 2.24) is 23.6 Å². The monoisotopic (exact) mass is 429 g/mol. The predicted octanol–water partition coefficient (Wildman–Crippen LogP) is -0.620. The van der Waals surface area contributed by atoms with E-state index in [9.17, 15) is 18.8 Å². The van der Waals surface area contributed by atoms with Gasteiger partial charge in [-0.2, -0.15) is 0 Å². The zero-order valence-electron chi connectivity index (χ0n) is 17.4. The van der Waals surface area contributed by atoms with Crippen molar-refractivity contribution in [3.8, 4) is 0 Å². The molecule has 1 fully saturated rings. The number of carbonyl (C=O) groups is 1. The third-order valence-electron chi connectivity index (χ3n) is 5.67. The van der Waals surface area contributed by atoms with Gasteiger partial charge in [0.25, 0.3) is 5.56 Å². The van der Waals surface area contributed by atoms with Gasteiger partial charge in [0.2, 0.25) is 5.91 Å². The van der Waals surface area contributed by atoms with Crippen molar-refractivity contribution in [1.29, 1.82) is 0 Å². The molecule has 3 heterocycles. The smallest absolute Gasteiger partial charge is 0.332 e. The Hall–Kier alpha value is -3.47. The first-order chi connectivity index (χ1) is 14.8. The lowest BCUT2D eigenvalue weighted by Crippen LogP contribution is -2.46. The molecule has 10 nitrogen and oxygen atoms in total. The number of nitrogens with zero attached hydrogens (tertiary/aromatic N) is 6. The average Bonchev–Trinajstić information content (AvgIpc) is 3.09. The van der Waals surface area contributed by atoms with Gasteiger partial charge >= 0.3 is 5.69 Å². The van der Waals surface area contributed by atoms with Crippen LogP contribution in [0.3, 0.4) is 0 Å². The summed E-state index contributed by atoms with van der Waals surface area (Å²) >= 11 is 0. The second-order valence-electron chi connectivity index (χ2n) is 7.67. The fourth-order valence-electron chi connectivity index (χ4n) is 3.99. The number of aryl methyl sites for hydroxylation is 1. The summed E-state index contributed by atoms with van der Waals surface area (Å²) in [4.78, 5) is 45.3. The Morgan fingerprint density at radius 2 is 1.77 bits per heavy atom. The molecular weight excluding hydrogens is 405 g/mol. The fraction of sp³-hybridized carbons (Fsp3) is 0.400. The van der Waals surface area contributed by atoms with Gasteiger partial charge in [0.05, 0.1) is 12.2 Å². The summed E-state index contributed by atoms with van der Waals surface area (Å²) in [5, 5.41) is 0. The van der Waals surface area contributed by atoms with Crippen LogP contribution in [0.2, 0.25) is 0 Å². The number of aromatic nitrogens is 4. The molecule has 0 atom stereocenters. The Morgan fingerprint density at radius 1 is 1.10 bits per heavy atom. The van der Waals surface area contributed by atoms with Crippen LogP contribution < -0.4 is 21.9 Å². The standard InChI is InChI=1S/C20H24FN7O3/c1-24-18-17(19(30)25(2)20(24)31)28(11-15(22)29)16(23-18)12-26-7-9-27(10-8-26)14-6-4-3-5-13(14)21/h3-6H,7-12H2,1-2H3,(H2,22,29). The minimum Gasteiger partial charge on any atom is -0.368 e. The summed E-state index contributed by atoms with van der Waals surface area (Å²) in [5.41, 5.74) is 5.35. The quantitative estimate of drug-likeness (QED) is 0.579. The maximum Gasteiger partial charge on any atom is 0.332 e. The van der Waals surface area contributed by atoms with E-state index < -0.39 is 17.2 Å². The Kier molecular flexibility index (Phi) is 5.36. The SMILES string of the molecule is Cn1c(=O)c2c(nc(CN3CCN(c4ccccc4F)CC3)n2CC(N)=O)n(C)c1=O. The van der Waals surface area contributed by atoms with E-state index in [1.54, 1.807) is 12.1 Å². The van der Waals surface area contributed by atoms with Gasteiger partial charge in [0.15, 0.2) is 11.2 Å². The van der Waals surface area contributed by atoms with Gasteiger partial charge < -0.3 is 15.2 Å². The van der Waals surface area contributed by atoms with Gasteiger partial charge in [0, 0.05) is 40.3 Å². The molecule has 2 N–H and O–H groups in total. The first-order valence-electron chi connectivity index (χ1n) is 9.93. The molecule has 0 bridgehead atoms. The molecule has 2 aromatic heterocycles. The Balaban J connectivity index is 1.63. The maximum absolute atomic E-state index is 14.1. The number of fused-ring (bicyclic) bond motifs is 1. The molecule has 0 radical (unpaired) electrons. The minimum absolute atomic E-state index is 0.170. The van der Waals surface area contributed by atoms with Gasteiger partial charge in [-0.05, 0) is 12.1 Å². The number of hydrogen-bond acceptors (Lipinski definition) is 6. The van der Waals surface area contributed by atoms with Crippen LogP contribution in [0.4, 0.5) is 10.1 Å². The zero-order chi connectivity index (χ0) is 22.3. The van der Waals surface area contributed by atoms with Crippen molar-refractivity contribution in [3.05, 3.63) is 56.7 Å². The van der Waals surface area contributed by atoms with Crippen molar-refractivity contribution in [3.63, 3.8) is 0 Å². The molecule has 164 valence electrons. The predicted molar refractivity (Wildman–Crippen MR) is 113 cm³/mol. The number of imidazole rings is 1. The van der Waals surface area contributed by atoms with Crippen molar-refractivity contribution < 1.29 is 9.18 Å². The maximum atomic E-state index is 14.1. The third kappa shape index (κ3) is 3.72. The van der Waals surface area contributed by atoms with Gasteiger partial charge in [-0.1, -0.05) is 12.1 Å². The van der Waals surface area contributed by atoms with Crippen LogP contribution in [0.15, 0.2) is 33.9 Å². The van der Waals surface area contributed by atoms with E-state index in [-0.39, 0.29) is 23.5 Å². The normalized spacial score (nSPS) is 15.0. The van der Waals surface area contributed by atoms with Gasteiger partial charge in [0.1, 0.15) is 18.2 Å². The summed E-state index contributed by atoms with van der Waals surface area (Å²) < 4.78 is 17.8. The molecule has 4 rings (SSSR count). The number of para-hydroxylation sites is 1.